The van der Waals surface area contributed by atoms with Crippen LogP contribution in [0.4, 0.5) is 10.9 Å². The van der Waals surface area contributed by atoms with Gasteiger partial charge in [-0.1, -0.05) is 19.9 Å². The van der Waals surface area contributed by atoms with Gasteiger partial charge in [0.25, 0.3) is 11.8 Å². The molecule has 1 aliphatic rings. The highest BCUT2D eigenvalue weighted by Gasteiger charge is 2.42. The molecule has 4 N–H and O–H groups in total. The first kappa shape index (κ1) is 32.3. The van der Waals surface area contributed by atoms with Crippen LogP contribution in [-0.2, 0) is 25.3 Å². The Balaban J connectivity index is 0.00000226. The number of anilines is 2. The number of pyridine rings is 1. The summed E-state index contributed by atoms with van der Waals surface area (Å²) in [5.74, 6) is -4.04. The van der Waals surface area contributed by atoms with E-state index in [2.05, 4.69) is 25.3 Å². The number of amides is 2. The largest absolute Gasteiger partial charge is 0.372 e. The Kier molecular flexibility index (Phi) is 11.1. The summed E-state index contributed by atoms with van der Waals surface area (Å²) < 4.78 is 23.3. The Morgan fingerprint density at radius 1 is 1.17 bits per heavy atom. The van der Waals surface area contributed by atoms with Crippen LogP contribution < -0.4 is 15.5 Å². The third kappa shape index (κ3) is 8.18. The van der Waals surface area contributed by atoms with E-state index in [1.165, 1.54) is 28.7 Å². The van der Waals surface area contributed by atoms with Crippen molar-refractivity contribution in [3.63, 3.8) is 0 Å². The average Bonchev–Trinajstić information content (AvgIpc) is 3.63. The number of nitrogens with one attached hydrogen (secondary N) is 2. The number of thiazole rings is 1. The van der Waals surface area contributed by atoms with Crippen LogP contribution in [0.5, 0.6) is 0 Å². The summed E-state index contributed by atoms with van der Waals surface area (Å²) in [4.78, 5) is 37.0. The van der Waals surface area contributed by atoms with E-state index in [9.17, 15) is 24.0 Å². The minimum absolute atomic E-state index is 0.0569. The number of morpholine rings is 1. The van der Waals surface area contributed by atoms with Crippen LogP contribution in [0.1, 0.15) is 38.1 Å². The van der Waals surface area contributed by atoms with E-state index >= 15 is 0 Å². The number of methoxy groups -OCH3 is 1. The molecule has 1 fully saturated rings. The molecule has 4 heterocycles. The van der Waals surface area contributed by atoms with Gasteiger partial charge in [0.1, 0.15) is 22.5 Å². The van der Waals surface area contributed by atoms with E-state index in [1.807, 2.05) is 39.8 Å². The summed E-state index contributed by atoms with van der Waals surface area (Å²) >= 11 is 1.10. The van der Waals surface area contributed by atoms with Crippen molar-refractivity contribution < 1.29 is 33.5 Å². The molecule has 0 aliphatic carbocycles. The third-order valence-electron chi connectivity index (χ3n) is 5.92. The van der Waals surface area contributed by atoms with Gasteiger partial charge in [-0.3, -0.25) is 18.9 Å². The van der Waals surface area contributed by atoms with Crippen molar-refractivity contribution in [1.29, 1.82) is 0 Å². The molecular weight excluding hydrogens is 572 g/mol. The maximum Gasteiger partial charge on any atom is 0.308 e. The maximum atomic E-state index is 13.0. The SMILES string of the molecule is CC.COC(O)(O)C(NC(=O)c1ccn(S(C)=O)c1)C(=O)Nc1nc(-c2cccc(N3CC(C)OC(C)C3)n2)cs1. The van der Waals surface area contributed by atoms with Gasteiger partial charge in [-0.2, -0.15) is 0 Å². The van der Waals surface area contributed by atoms with Crippen LogP contribution in [0, 0.1) is 0 Å². The van der Waals surface area contributed by atoms with Crippen molar-refractivity contribution in [3.8, 4) is 11.4 Å². The van der Waals surface area contributed by atoms with E-state index in [-0.39, 0.29) is 22.9 Å². The zero-order valence-corrected chi connectivity index (χ0v) is 25.4. The molecule has 1 saturated heterocycles. The van der Waals surface area contributed by atoms with Gasteiger partial charge in [0.2, 0.25) is 0 Å². The van der Waals surface area contributed by atoms with Crippen molar-refractivity contribution in [2.24, 2.45) is 0 Å². The molecule has 41 heavy (non-hydrogen) atoms. The predicted molar refractivity (Wildman–Crippen MR) is 157 cm³/mol. The monoisotopic (exact) mass is 608 g/mol. The zero-order valence-electron chi connectivity index (χ0n) is 23.7. The normalized spacial score (nSPS) is 18.6. The molecule has 2 amide bonds. The Labute approximate surface area is 245 Å². The molecule has 0 aromatic carbocycles. The average molecular weight is 609 g/mol. The molecular formula is C26H36N6O7S2. The predicted octanol–water partition coefficient (Wildman–Crippen LogP) is 1.81. The molecule has 0 radical (unpaired) electrons. The molecule has 4 unspecified atom stereocenters. The van der Waals surface area contributed by atoms with Crippen molar-refractivity contribution in [2.45, 2.75) is 51.9 Å². The number of rotatable bonds is 9. The van der Waals surface area contributed by atoms with Gasteiger partial charge in [0, 0.05) is 44.2 Å². The minimum atomic E-state index is -3.03. The molecule has 4 atom stereocenters. The van der Waals surface area contributed by atoms with Crippen LogP contribution in [0.25, 0.3) is 11.4 Å². The van der Waals surface area contributed by atoms with Crippen LogP contribution in [0.3, 0.4) is 0 Å². The number of nitrogens with zero attached hydrogens (tertiary/aromatic N) is 4. The smallest absolute Gasteiger partial charge is 0.308 e. The lowest BCUT2D eigenvalue weighted by Gasteiger charge is -2.36. The number of ether oxygens (including phenoxy) is 2. The molecule has 13 nitrogen and oxygen atoms in total. The minimum Gasteiger partial charge on any atom is -0.372 e. The molecule has 0 saturated carbocycles. The lowest BCUT2D eigenvalue weighted by molar-refractivity contribution is -0.333. The summed E-state index contributed by atoms with van der Waals surface area (Å²) in [6.07, 6.45) is 4.29. The molecule has 4 rings (SSSR count). The Bertz CT molecular complexity index is 1350. The molecule has 3 aromatic rings. The number of carbonyl (C=O) groups excluding carboxylic acids is 2. The van der Waals surface area contributed by atoms with E-state index in [0.717, 1.165) is 24.3 Å². The number of hydrogen-bond donors (Lipinski definition) is 4. The molecule has 15 heteroatoms. The van der Waals surface area contributed by atoms with Gasteiger partial charge in [0.05, 0.1) is 23.5 Å². The van der Waals surface area contributed by atoms with E-state index < -0.39 is 34.8 Å². The Morgan fingerprint density at radius 2 is 1.85 bits per heavy atom. The summed E-state index contributed by atoms with van der Waals surface area (Å²) in [5.41, 5.74) is 1.16. The van der Waals surface area contributed by atoms with E-state index in [4.69, 9.17) is 9.72 Å². The maximum absolute atomic E-state index is 13.0. The quantitative estimate of drug-likeness (QED) is 0.263. The highest BCUT2D eigenvalue weighted by molar-refractivity contribution is 7.82. The van der Waals surface area contributed by atoms with Crippen LogP contribution >= 0.6 is 11.3 Å². The first-order valence-corrected chi connectivity index (χ1v) is 15.3. The van der Waals surface area contributed by atoms with E-state index in [0.29, 0.717) is 24.5 Å². The molecule has 3 aromatic heterocycles. The Hall–Kier alpha value is -3.21. The lowest BCUT2D eigenvalue weighted by Crippen LogP contribution is -2.59. The second kappa shape index (κ2) is 14.1. The molecule has 0 spiro atoms. The van der Waals surface area contributed by atoms with Crippen molar-refractivity contribution in [3.05, 3.63) is 47.6 Å². The number of aliphatic hydroxyl groups is 2. The molecule has 0 bridgehead atoms. The number of hydrogen-bond acceptors (Lipinski definition) is 11. The summed E-state index contributed by atoms with van der Waals surface area (Å²) in [6, 6.07) is 5.03. The topological polar surface area (TPSA) is 168 Å². The van der Waals surface area contributed by atoms with Gasteiger partial charge >= 0.3 is 5.97 Å². The van der Waals surface area contributed by atoms with Gasteiger partial charge in [-0.25, -0.2) is 14.2 Å². The van der Waals surface area contributed by atoms with Crippen LogP contribution in [0.15, 0.2) is 42.0 Å². The number of carbonyl (C=O) groups is 2. The van der Waals surface area contributed by atoms with Crippen LogP contribution in [0.2, 0.25) is 0 Å². The fraction of sp³-hybridized carbons (Fsp3) is 0.462. The second-order valence-corrected chi connectivity index (χ2v) is 11.2. The zero-order chi connectivity index (χ0) is 30.3. The first-order chi connectivity index (χ1) is 19.5. The second-order valence-electron chi connectivity index (χ2n) is 9.02. The van der Waals surface area contributed by atoms with Crippen molar-refractivity contribution >= 4 is 45.1 Å². The van der Waals surface area contributed by atoms with Gasteiger partial charge in [-0.05, 0) is 32.0 Å². The number of aromatic nitrogens is 3. The first-order valence-electron chi connectivity index (χ1n) is 12.9. The standard InChI is InChI=1S/C24H30N6O7S2.C2H6/c1-14-10-29(11-15(2)37-14)19-7-5-6-17(25-19)18-13-38-23(26-18)28-22(32)20(24(33,34)36-3)27-21(31)16-8-9-30(12-16)39(4)35;1-2/h5-9,12-15,20,33-34H,10-11H2,1-4H3,(H,27,31)(H,26,28,32);1-2H3. The van der Waals surface area contributed by atoms with Gasteiger partial charge in [-0.15, -0.1) is 11.3 Å². The van der Waals surface area contributed by atoms with Crippen LogP contribution in [-0.4, -0.2) is 90.9 Å². The van der Waals surface area contributed by atoms with Gasteiger partial charge in [0.15, 0.2) is 11.2 Å². The van der Waals surface area contributed by atoms with E-state index in [1.54, 1.807) is 11.4 Å². The summed E-state index contributed by atoms with van der Waals surface area (Å²) in [5, 5.41) is 27.1. The fourth-order valence-corrected chi connectivity index (χ4v) is 5.27. The fourth-order valence-electron chi connectivity index (χ4n) is 4.07. The summed E-state index contributed by atoms with van der Waals surface area (Å²) in [7, 11) is -0.426. The third-order valence-corrected chi connectivity index (χ3v) is 7.49. The van der Waals surface area contributed by atoms with Gasteiger partial charge < -0.3 is 29.9 Å². The van der Waals surface area contributed by atoms with Crippen molar-refractivity contribution in [2.75, 3.05) is 36.7 Å². The van der Waals surface area contributed by atoms with Crippen molar-refractivity contribution in [1.82, 2.24) is 19.3 Å². The highest BCUT2D eigenvalue weighted by atomic mass is 32.2. The lowest BCUT2D eigenvalue weighted by atomic mass is 10.2. The highest BCUT2D eigenvalue weighted by Crippen LogP contribution is 2.27. The molecule has 224 valence electrons. The molecule has 1 aliphatic heterocycles. The summed E-state index contributed by atoms with van der Waals surface area (Å²) in [6.45, 7) is 9.43. The Morgan fingerprint density at radius 3 is 2.46 bits per heavy atom.